The molecular formula is C9H13NO5S. The molecule has 0 radical (unpaired) electrons. The SMILES string of the molecule is CS(=O)(=O)NCCCc1ccc(C(=O)O)o1. The predicted octanol–water partition coefficient (Wildman–Crippen LogP) is 0.460. The van der Waals surface area contributed by atoms with E-state index in [1.165, 1.54) is 6.07 Å². The van der Waals surface area contributed by atoms with Gasteiger partial charge in [0.25, 0.3) is 0 Å². The van der Waals surface area contributed by atoms with Crippen LogP contribution in [0.5, 0.6) is 0 Å². The van der Waals surface area contributed by atoms with Crippen molar-refractivity contribution < 1.29 is 22.7 Å². The lowest BCUT2D eigenvalue weighted by Crippen LogP contribution is -2.23. The van der Waals surface area contributed by atoms with E-state index in [0.717, 1.165) is 6.26 Å². The van der Waals surface area contributed by atoms with Gasteiger partial charge in [-0.1, -0.05) is 0 Å². The number of nitrogens with one attached hydrogen (secondary N) is 1. The van der Waals surface area contributed by atoms with Crippen LogP contribution in [-0.2, 0) is 16.4 Å². The second-order valence-corrected chi connectivity index (χ2v) is 5.17. The topological polar surface area (TPSA) is 96.6 Å². The molecule has 2 N–H and O–H groups in total. The fourth-order valence-electron chi connectivity index (χ4n) is 1.15. The van der Waals surface area contributed by atoms with Gasteiger partial charge in [-0.15, -0.1) is 0 Å². The maximum absolute atomic E-state index is 10.7. The van der Waals surface area contributed by atoms with E-state index in [9.17, 15) is 13.2 Å². The van der Waals surface area contributed by atoms with Gasteiger partial charge in [0.15, 0.2) is 0 Å². The van der Waals surface area contributed by atoms with Gasteiger partial charge in [-0.2, -0.15) is 0 Å². The van der Waals surface area contributed by atoms with Crippen LogP contribution in [-0.4, -0.2) is 32.3 Å². The van der Waals surface area contributed by atoms with Gasteiger partial charge in [0, 0.05) is 13.0 Å². The minimum atomic E-state index is -3.16. The Hall–Kier alpha value is -1.34. The number of hydrogen-bond donors (Lipinski definition) is 2. The first-order chi connectivity index (χ1) is 7.38. The molecule has 0 unspecified atom stereocenters. The summed E-state index contributed by atoms with van der Waals surface area (Å²) in [7, 11) is -3.16. The number of aryl methyl sites for hydroxylation is 1. The van der Waals surface area contributed by atoms with Crippen LogP contribution >= 0.6 is 0 Å². The van der Waals surface area contributed by atoms with Crippen LogP contribution in [0.25, 0.3) is 0 Å². The molecule has 0 atom stereocenters. The van der Waals surface area contributed by atoms with Gasteiger partial charge in [0.05, 0.1) is 6.26 Å². The monoisotopic (exact) mass is 247 g/mol. The van der Waals surface area contributed by atoms with Crippen LogP contribution in [0.1, 0.15) is 22.7 Å². The molecule has 0 aromatic carbocycles. The standard InChI is InChI=1S/C9H13NO5S/c1-16(13,14)10-6-2-3-7-4-5-8(15-7)9(11)12/h4-5,10H,2-3,6H2,1H3,(H,11,12). The van der Waals surface area contributed by atoms with E-state index < -0.39 is 16.0 Å². The fourth-order valence-corrected chi connectivity index (χ4v) is 1.66. The third-order valence-corrected chi connectivity index (χ3v) is 2.57. The summed E-state index contributed by atoms with van der Waals surface area (Å²) in [5.41, 5.74) is 0. The number of rotatable bonds is 6. The van der Waals surface area contributed by atoms with Crippen molar-refractivity contribution in [3.63, 3.8) is 0 Å². The van der Waals surface area contributed by atoms with E-state index in [-0.39, 0.29) is 5.76 Å². The summed E-state index contributed by atoms with van der Waals surface area (Å²) in [5, 5.41) is 8.59. The molecule has 1 aromatic heterocycles. The molecule has 0 fully saturated rings. The summed E-state index contributed by atoms with van der Waals surface area (Å²) < 4.78 is 28.8. The van der Waals surface area contributed by atoms with Crippen LogP contribution in [0, 0.1) is 0 Å². The van der Waals surface area contributed by atoms with E-state index >= 15 is 0 Å². The molecule has 0 amide bonds. The number of furan rings is 1. The first-order valence-electron chi connectivity index (χ1n) is 4.65. The molecule has 0 aliphatic carbocycles. The maximum atomic E-state index is 10.7. The molecule has 1 heterocycles. The number of hydrogen-bond acceptors (Lipinski definition) is 4. The average Bonchev–Trinajstić information content (AvgIpc) is 2.59. The largest absolute Gasteiger partial charge is 0.475 e. The van der Waals surface area contributed by atoms with E-state index in [0.29, 0.717) is 25.1 Å². The molecule has 6 nitrogen and oxygen atoms in total. The van der Waals surface area contributed by atoms with Gasteiger partial charge in [0.1, 0.15) is 5.76 Å². The van der Waals surface area contributed by atoms with E-state index in [2.05, 4.69) is 4.72 Å². The van der Waals surface area contributed by atoms with Gasteiger partial charge in [0.2, 0.25) is 15.8 Å². The zero-order valence-corrected chi connectivity index (χ0v) is 9.58. The van der Waals surface area contributed by atoms with E-state index in [1.807, 2.05) is 0 Å². The maximum Gasteiger partial charge on any atom is 0.371 e. The summed E-state index contributed by atoms with van der Waals surface area (Å²) in [6.07, 6.45) is 2.14. The number of aromatic carboxylic acids is 1. The summed E-state index contributed by atoms with van der Waals surface area (Å²) >= 11 is 0. The quantitative estimate of drug-likeness (QED) is 0.712. The zero-order valence-electron chi connectivity index (χ0n) is 8.76. The Morgan fingerprint density at radius 2 is 2.19 bits per heavy atom. The zero-order chi connectivity index (χ0) is 12.2. The van der Waals surface area contributed by atoms with Crippen LogP contribution in [0.4, 0.5) is 0 Å². The first kappa shape index (κ1) is 12.7. The normalized spacial score (nSPS) is 11.6. The summed E-state index contributed by atoms with van der Waals surface area (Å²) in [6.45, 7) is 0.307. The van der Waals surface area contributed by atoms with Crippen molar-refractivity contribution in [2.24, 2.45) is 0 Å². The summed E-state index contributed by atoms with van der Waals surface area (Å²) in [4.78, 5) is 10.5. The summed E-state index contributed by atoms with van der Waals surface area (Å²) in [5.74, 6) is -0.681. The Kier molecular flexibility index (Phi) is 4.08. The molecule has 1 aromatic rings. The van der Waals surface area contributed by atoms with Crippen LogP contribution in [0.15, 0.2) is 16.5 Å². The summed E-state index contributed by atoms with van der Waals surface area (Å²) in [6, 6.07) is 2.95. The van der Waals surface area contributed by atoms with Crippen LogP contribution in [0.3, 0.4) is 0 Å². The highest BCUT2D eigenvalue weighted by Gasteiger charge is 2.08. The lowest BCUT2D eigenvalue weighted by molar-refractivity contribution is 0.0660. The molecule has 0 bridgehead atoms. The van der Waals surface area contributed by atoms with Crippen molar-refractivity contribution in [3.8, 4) is 0 Å². The minimum absolute atomic E-state index is 0.105. The van der Waals surface area contributed by atoms with Crippen molar-refractivity contribution in [2.45, 2.75) is 12.8 Å². The highest BCUT2D eigenvalue weighted by molar-refractivity contribution is 7.88. The Morgan fingerprint density at radius 3 is 2.69 bits per heavy atom. The van der Waals surface area contributed by atoms with Crippen LogP contribution in [0.2, 0.25) is 0 Å². The second kappa shape index (κ2) is 5.13. The van der Waals surface area contributed by atoms with Crippen molar-refractivity contribution in [3.05, 3.63) is 23.7 Å². The fraction of sp³-hybridized carbons (Fsp3) is 0.444. The molecule has 0 aliphatic rings. The van der Waals surface area contributed by atoms with Crippen molar-refractivity contribution in [1.82, 2.24) is 4.72 Å². The Balaban J connectivity index is 2.35. The number of sulfonamides is 1. The molecule has 7 heteroatoms. The van der Waals surface area contributed by atoms with E-state index in [1.54, 1.807) is 6.07 Å². The molecule has 1 rings (SSSR count). The first-order valence-corrected chi connectivity index (χ1v) is 6.54. The van der Waals surface area contributed by atoms with Gasteiger partial charge < -0.3 is 9.52 Å². The third-order valence-electron chi connectivity index (χ3n) is 1.84. The van der Waals surface area contributed by atoms with Gasteiger partial charge >= 0.3 is 5.97 Å². The van der Waals surface area contributed by atoms with E-state index in [4.69, 9.17) is 9.52 Å². The Labute approximate surface area is 93.3 Å². The number of carboxylic acids is 1. The Bertz CT molecular complexity index is 462. The molecular weight excluding hydrogens is 234 g/mol. The highest BCUT2D eigenvalue weighted by atomic mass is 32.2. The molecule has 0 aliphatic heterocycles. The van der Waals surface area contributed by atoms with Crippen molar-refractivity contribution in [1.29, 1.82) is 0 Å². The lowest BCUT2D eigenvalue weighted by atomic mass is 10.2. The lowest BCUT2D eigenvalue weighted by Gasteiger charge is -2.00. The third kappa shape index (κ3) is 4.45. The van der Waals surface area contributed by atoms with Crippen molar-refractivity contribution >= 4 is 16.0 Å². The smallest absolute Gasteiger partial charge is 0.371 e. The van der Waals surface area contributed by atoms with Gasteiger partial charge in [-0.3, -0.25) is 0 Å². The Morgan fingerprint density at radius 1 is 1.50 bits per heavy atom. The molecule has 16 heavy (non-hydrogen) atoms. The second-order valence-electron chi connectivity index (χ2n) is 3.34. The van der Waals surface area contributed by atoms with Gasteiger partial charge in [-0.05, 0) is 18.6 Å². The predicted molar refractivity (Wildman–Crippen MR) is 56.8 cm³/mol. The van der Waals surface area contributed by atoms with Crippen LogP contribution < -0.4 is 4.72 Å². The average molecular weight is 247 g/mol. The molecule has 0 saturated heterocycles. The molecule has 0 spiro atoms. The molecule has 0 saturated carbocycles. The number of carboxylic acid groups (broad SMARTS) is 1. The number of carbonyl (C=O) groups is 1. The van der Waals surface area contributed by atoms with Gasteiger partial charge in [-0.25, -0.2) is 17.9 Å². The van der Waals surface area contributed by atoms with Crippen molar-refractivity contribution in [2.75, 3.05) is 12.8 Å². The minimum Gasteiger partial charge on any atom is -0.475 e. The molecule has 90 valence electrons. The highest BCUT2D eigenvalue weighted by Crippen LogP contribution is 2.09.